The predicted molar refractivity (Wildman–Crippen MR) is 107 cm³/mol. The zero-order valence-electron chi connectivity index (χ0n) is 16.7. The minimum absolute atomic E-state index is 0.107. The Morgan fingerprint density at radius 1 is 0.933 bits per heavy atom. The summed E-state index contributed by atoms with van der Waals surface area (Å²) in [6.45, 7) is 1.43. The normalized spacial score (nSPS) is 14.0. The molecule has 0 aliphatic carbocycles. The van der Waals surface area contributed by atoms with Crippen LogP contribution >= 0.6 is 0 Å². The first-order valence-electron chi connectivity index (χ1n) is 8.86. The molecule has 1 aliphatic heterocycles. The molecule has 8 heteroatoms. The molecule has 0 saturated carbocycles. The number of allylic oxidation sites excluding steroid dienone is 2. The molecule has 0 fully saturated rings. The topological polar surface area (TPSA) is 99.2 Å². The van der Waals surface area contributed by atoms with Crippen molar-refractivity contribution < 1.29 is 33.4 Å². The molecule has 1 heterocycles. The van der Waals surface area contributed by atoms with Crippen molar-refractivity contribution in [3.8, 4) is 0 Å². The molecular formula is C22H21NO7. The van der Waals surface area contributed by atoms with Crippen molar-refractivity contribution >= 4 is 23.7 Å². The maximum Gasteiger partial charge on any atom is 0.342 e. The number of hydrogen-bond donors (Lipinski definition) is 0. The van der Waals surface area contributed by atoms with E-state index >= 15 is 0 Å². The molecule has 1 aromatic carbocycles. The van der Waals surface area contributed by atoms with E-state index in [-0.39, 0.29) is 16.9 Å². The fraction of sp³-hybridized carbons (Fsp3) is 0.182. The summed E-state index contributed by atoms with van der Waals surface area (Å²) in [5.41, 5.74) is 0.810. The number of carbonyl (C=O) groups excluding carboxylic acids is 4. The minimum atomic E-state index is -0.682. The highest BCUT2D eigenvalue weighted by Crippen LogP contribution is 2.21. The summed E-state index contributed by atoms with van der Waals surface area (Å²) < 4.78 is 14.4. The van der Waals surface area contributed by atoms with E-state index in [1.807, 2.05) is 0 Å². The van der Waals surface area contributed by atoms with Crippen LogP contribution in [0.15, 0.2) is 72.9 Å². The van der Waals surface area contributed by atoms with Gasteiger partial charge in [-0.25, -0.2) is 14.4 Å². The summed E-state index contributed by atoms with van der Waals surface area (Å²) in [5.74, 6) is -2.47. The fourth-order valence-electron chi connectivity index (χ4n) is 2.43. The molecule has 156 valence electrons. The number of ether oxygens (including phenoxy) is 3. The Kier molecular flexibility index (Phi) is 7.87. The number of Topliss-reactive ketones (excluding diaryl/α,β-unsaturated/α-hetero) is 1. The van der Waals surface area contributed by atoms with Crippen LogP contribution in [0.25, 0.3) is 0 Å². The van der Waals surface area contributed by atoms with Crippen LogP contribution in [0.4, 0.5) is 0 Å². The Labute approximate surface area is 173 Å². The van der Waals surface area contributed by atoms with Gasteiger partial charge in [0.05, 0.1) is 25.4 Å². The molecule has 0 unspecified atom stereocenters. The quantitative estimate of drug-likeness (QED) is 0.222. The van der Waals surface area contributed by atoms with Gasteiger partial charge in [0.15, 0.2) is 5.78 Å². The van der Waals surface area contributed by atoms with Gasteiger partial charge in [-0.2, -0.15) is 0 Å². The molecule has 30 heavy (non-hydrogen) atoms. The minimum Gasteiger partial charge on any atom is -0.466 e. The molecule has 1 aliphatic rings. The lowest BCUT2D eigenvalue weighted by Gasteiger charge is -2.19. The van der Waals surface area contributed by atoms with Crippen LogP contribution in [0.1, 0.15) is 27.6 Å². The number of carbonyl (C=O) groups is 4. The van der Waals surface area contributed by atoms with Gasteiger partial charge in [-0.15, -0.1) is 0 Å². The van der Waals surface area contributed by atoms with Crippen LogP contribution in [0.3, 0.4) is 0 Å². The molecule has 0 amide bonds. The summed E-state index contributed by atoms with van der Waals surface area (Å²) in [6.07, 6.45) is 10.4. The zero-order valence-corrected chi connectivity index (χ0v) is 16.7. The van der Waals surface area contributed by atoms with Gasteiger partial charge < -0.3 is 19.1 Å². The third kappa shape index (κ3) is 6.03. The summed E-state index contributed by atoms with van der Waals surface area (Å²) >= 11 is 0. The maximum atomic E-state index is 12.3. The Balaban J connectivity index is 2.11. The van der Waals surface area contributed by atoms with E-state index in [4.69, 9.17) is 9.47 Å². The molecular weight excluding hydrogens is 390 g/mol. The van der Waals surface area contributed by atoms with E-state index in [0.717, 1.165) is 6.26 Å². The van der Waals surface area contributed by atoms with Gasteiger partial charge in [-0.3, -0.25) is 4.79 Å². The zero-order chi connectivity index (χ0) is 22.1. The van der Waals surface area contributed by atoms with Crippen LogP contribution in [0, 0.1) is 5.92 Å². The molecule has 0 saturated heterocycles. The van der Waals surface area contributed by atoms with Gasteiger partial charge in [0, 0.05) is 36.2 Å². The van der Waals surface area contributed by atoms with Gasteiger partial charge in [0.1, 0.15) is 6.26 Å². The summed E-state index contributed by atoms with van der Waals surface area (Å²) in [6, 6.07) is 5.98. The lowest BCUT2D eigenvalue weighted by Crippen LogP contribution is -2.17. The molecule has 0 spiro atoms. The van der Waals surface area contributed by atoms with Crippen LogP contribution < -0.4 is 0 Å². The first-order valence-corrected chi connectivity index (χ1v) is 8.86. The second-order valence-corrected chi connectivity index (χ2v) is 6.10. The van der Waals surface area contributed by atoms with E-state index in [0.29, 0.717) is 5.56 Å². The summed E-state index contributed by atoms with van der Waals surface area (Å²) in [4.78, 5) is 48.5. The summed E-state index contributed by atoms with van der Waals surface area (Å²) in [7, 11) is 2.50. The SMILES string of the molecule is COC(=O)/C=C/N1C=CC(/C(=C\OC(=O)c2ccc(C(C)=O)cc2)C(=O)OC)C=C1. The van der Waals surface area contributed by atoms with Crippen LogP contribution in [-0.4, -0.2) is 42.8 Å². The summed E-state index contributed by atoms with van der Waals surface area (Å²) in [5, 5.41) is 0. The van der Waals surface area contributed by atoms with Gasteiger partial charge in [0.2, 0.25) is 0 Å². The number of rotatable bonds is 7. The smallest absolute Gasteiger partial charge is 0.342 e. The molecule has 8 nitrogen and oxygen atoms in total. The fourth-order valence-corrected chi connectivity index (χ4v) is 2.43. The number of methoxy groups -OCH3 is 2. The van der Waals surface area contributed by atoms with Crippen molar-refractivity contribution in [2.24, 2.45) is 5.92 Å². The van der Waals surface area contributed by atoms with Crippen LogP contribution in [0.5, 0.6) is 0 Å². The molecule has 2 rings (SSSR count). The highest BCUT2D eigenvalue weighted by atomic mass is 16.5. The number of benzene rings is 1. The highest BCUT2D eigenvalue weighted by Gasteiger charge is 2.21. The van der Waals surface area contributed by atoms with Crippen molar-refractivity contribution in [3.63, 3.8) is 0 Å². The Morgan fingerprint density at radius 3 is 2.07 bits per heavy atom. The Morgan fingerprint density at radius 2 is 1.53 bits per heavy atom. The lowest BCUT2D eigenvalue weighted by molar-refractivity contribution is -0.136. The molecule has 1 aromatic rings. The van der Waals surface area contributed by atoms with E-state index in [2.05, 4.69) is 4.74 Å². The first-order chi connectivity index (χ1) is 14.3. The predicted octanol–water partition coefficient (Wildman–Crippen LogP) is 2.75. The standard InChI is InChI=1S/C22H21NO7/c1-15(24)16-4-6-18(7-5-16)21(26)30-14-19(22(27)29-3)17-8-11-23(12-9-17)13-10-20(25)28-2/h4-14,17H,1-3H3/b13-10+,19-14+. The van der Waals surface area contributed by atoms with Crippen molar-refractivity contribution in [3.05, 3.63) is 84.1 Å². The van der Waals surface area contributed by atoms with E-state index in [1.54, 1.807) is 29.5 Å². The first kappa shape index (κ1) is 22.4. The van der Waals surface area contributed by atoms with Crippen molar-refractivity contribution in [2.45, 2.75) is 6.92 Å². The van der Waals surface area contributed by atoms with Gasteiger partial charge in [0.25, 0.3) is 0 Å². The van der Waals surface area contributed by atoms with Crippen LogP contribution in [0.2, 0.25) is 0 Å². The van der Waals surface area contributed by atoms with Gasteiger partial charge >= 0.3 is 17.9 Å². The monoisotopic (exact) mass is 411 g/mol. The van der Waals surface area contributed by atoms with Crippen molar-refractivity contribution in [2.75, 3.05) is 14.2 Å². The van der Waals surface area contributed by atoms with Crippen molar-refractivity contribution in [1.29, 1.82) is 0 Å². The molecule has 0 N–H and O–H groups in total. The third-order valence-electron chi connectivity index (χ3n) is 4.12. The van der Waals surface area contributed by atoms with E-state index in [9.17, 15) is 19.2 Å². The van der Waals surface area contributed by atoms with Gasteiger partial charge in [-0.1, -0.05) is 24.3 Å². The number of hydrogen-bond acceptors (Lipinski definition) is 8. The highest BCUT2D eigenvalue weighted by molar-refractivity contribution is 5.96. The van der Waals surface area contributed by atoms with Crippen LogP contribution in [-0.2, 0) is 23.8 Å². The molecule has 0 aromatic heterocycles. The number of nitrogens with zero attached hydrogens (tertiary/aromatic N) is 1. The second-order valence-electron chi connectivity index (χ2n) is 6.10. The Hall–Kier alpha value is -3.94. The lowest BCUT2D eigenvalue weighted by atomic mass is 9.98. The average Bonchev–Trinajstić information content (AvgIpc) is 2.77. The molecule has 0 radical (unpaired) electrons. The largest absolute Gasteiger partial charge is 0.466 e. The number of ketones is 1. The second kappa shape index (κ2) is 10.6. The third-order valence-corrected chi connectivity index (χ3v) is 4.12. The molecule has 0 atom stereocenters. The molecule has 0 bridgehead atoms. The maximum absolute atomic E-state index is 12.3. The average molecular weight is 411 g/mol. The Bertz CT molecular complexity index is 925. The number of esters is 3. The van der Waals surface area contributed by atoms with E-state index in [1.165, 1.54) is 57.7 Å². The van der Waals surface area contributed by atoms with E-state index < -0.39 is 23.8 Å². The van der Waals surface area contributed by atoms with Crippen molar-refractivity contribution in [1.82, 2.24) is 4.90 Å². The van der Waals surface area contributed by atoms with Gasteiger partial charge in [-0.05, 0) is 19.1 Å².